The van der Waals surface area contributed by atoms with Gasteiger partial charge in [0.1, 0.15) is 0 Å². The molecule has 0 heterocycles. The summed E-state index contributed by atoms with van der Waals surface area (Å²) in [4.78, 5) is 4.51. The number of nitrogens with zero attached hydrogens (tertiary/aromatic N) is 2. The SMILES string of the molecule is CN(C)CCCCCCN(C)C.I.I. The maximum absolute atomic E-state index is 2.26. The van der Waals surface area contributed by atoms with Crippen LogP contribution in [0.25, 0.3) is 0 Å². The predicted octanol–water partition coefficient (Wildman–Crippen LogP) is 2.91. The van der Waals surface area contributed by atoms with Crippen molar-refractivity contribution in [1.29, 1.82) is 0 Å². The van der Waals surface area contributed by atoms with E-state index in [2.05, 4.69) is 38.0 Å². The molecule has 0 fully saturated rings. The number of hydrogen-bond donors (Lipinski definition) is 0. The van der Waals surface area contributed by atoms with Crippen molar-refractivity contribution in [2.75, 3.05) is 41.3 Å². The number of halogens is 2. The normalized spacial score (nSPS) is 9.86. The van der Waals surface area contributed by atoms with Gasteiger partial charge in [-0.15, -0.1) is 48.0 Å². The monoisotopic (exact) mass is 428 g/mol. The zero-order valence-corrected chi connectivity index (χ0v) is 14.6. The average molecular weight is 428 g/mol. The fourth-order valence-electron chi connectivity index (χ4n) is 1.21. The van der Waals surface area contributed by atoms with Crippen LogP contribution < -0.4 is 0 Å². The summed E-state index contributed by atoms with van der Waals surface area (Å²) in [6, 6.07) is 0. The first-order valence-electron chi connectivity index (χ1n) is 4.92. The lowest BCUT2D eigenvalue weighted by Crippen LogP contribution is -2.14. The summed E-state index contributed by atoms with van der Waals surface area (Å²) in [5.74, 6) is 0. The molecular weight excluding hydrogens is 402 g/mol. The Hall–Kier alpha value is 1.38. The lowest BCUT2D eigenvalue weighted by Gasteiger charge is -2.10. The molecular formula is C10H26I2N2. The van der Waals surface area contributed by atoms with E-state index in [9.17, 15) is 0 Å². The molecule has 14 heavy (non-hydrogen) atoms. The minimum Gasteiger partial charge on any atom is -0.309 e. The zero-order chi connectivity index (χ0) is 9.40. The van der Waals surface area contributed by atoms with Gasteiger partial charge < -0.3 is 9.80 Å². The van der Waals surface area contributed by atoms with Gasteiger partial charge in [0.05, 0.1) is 0 Å². The molecule has 0 rings (SSSR count). The first-order chi connectivity index (χ1) is 5.63. The highest BCUT2D eigenvalue weighted by atomic mass is 127. The minimum atomic E-state index is 0. The van der Waals surface area contributed by atoms with Crippen molar-refractivity contribution in [3.05, 3.63) is 0 Å². The van der Waals surface area contributed by atoms with Crippen molar-refractivity contribution < 1.29 is 0 Å². The van der Waals surface area contributed by atoms with Gasteiger partial charge >= 0.3 is 0 Å². The lowest BCUT2D eigenvalue weighted by atomic mass is 10.2. The van der Waals surface area contributed by atoms with E-state index in [1.54, 1.807) is 0 Å². The van der Waals surface area contributed by atoms with Crippen LogP contribution in [0.5, 0.6) is 0 Å². The molecule has 0 atom stereocenters. The summed E-state index contributed by atoms with van der Waals surface area (Å²) < 4.78 is 0. The molecule has 0 unspecified atom stereocenters. The molecule has 0 radical (unpaired) electrons. The molecule has 4 heteroatoms. The van der Waals surface area contributed by atoms with Crippen LogP contribution in [0.2, 0.25) is 0 Å². The third-order valence-corrected chi connectivity index (χ3v) is 1.96. The Balaban J connectivity index is -0.000000605. The number of hydrogen-bond acceptors (Lipinski definition) is 2. The Kier molecular flexibility index (Phi) is 21.3. The molecule has 0 aliphatic rings. The van der Waals surface area contributed by atoms with E-state index in [0.29, 0.717) is 0 Å². The Morgan fingerprint density at radius 2 is 0.857 bits per heavy atom. The lowest BCUT2D eigenvalue weighted by molar-refractivity contribution is 0.370. The van der Waals surface area contributed by atoms with Crippen LogP contribution in [0.4, 0.5) is 0 Å². The van der Waals surface area contributed by atoms with Crippen LogP contribution in [-0.4, -0.2) is 51.1 Å². The summed E-state index contributed by atoms with van der Waals surface area (Å²) in [7, 11) is 8.55. The molecule has 90 valence electrons. The van der Waals surface area contributed by atoms with Gasteiger partial charge in [-0.05, 0) is 54.1 Å². The van der Waals surface area contributed by atoms with Crippen LogP contribution in [0.15, 0.2) is 0 Å². The Morgan fingerprint density at radius 1 is 0.571 bits per heavy atom. The third-order valence-electron chi connectivity index (χ3n) is 1.96. The summed E-state index contributed by atoms with van der Waals surface area (Å²) in [6.07, 6.45) is 5.46. The van der Waals surface area contributed by atoms with Gasteiger partial charge in [-0.1, -0.05) is 12.8 Å². The summed E-state index contributed by atoms with van der Waals surface area (Å²) in [6.45, 7) is 2.48. The second-order valence-electron chi connectivity index (χ2n) is 4.02. The molecule has 0 aromatic heterocycles. The van der Waals surface area contributed by atoms with Crippen LogP contribution in [-0.2, 0) is 0 Å². The van der Waals surface area contributed by atoms with Gasteiger partial charge in [0.25, 0.3) is 0 Å². The minimum absolute atomic E-state index is 0. The largest absolute Gasteiger partial charge is 0.309 e. The van der Waals surface area contributed by atoms with Crippen molar-refractivity contribution in [3.8, 4) is 0 Å². The fourth-order valence-corrected chi connectivity index (χ4v) is 1.21. The quantitative estimate of drug-likeness (QED) is 0.455. The highest BCUT2D eigenvalue weighted by Crippen LogP contribution is 2.00. The number of rotatable bonds is 7. The molecule has 0 spiro atoms. The molecule has 0 aromatic rings. The standard InChI is InChI=1S/C10H24N2.2HI/c1-11(2)9-7-5-6-8-10-12(3)4;;/h5-10H2,1-4H3;2*1H. The predicted molar refractivity (Wildman–Crippen MR) is 86.4 cm³/mol. The second kappa shape index (κ2) is 14.4. The molecule has 0 N–H and O–H groups in total. The van der Waals surface area contributed by atoms with E-state index >= 15 is 0 Å². The summed E-state index contributed by atoms with van der Waals surface area (Å²) in [5, 5.41) is 0. The Morgan fingerprint density at radius 3 is 1.07 bits per heavy atom. The maximum Gasteiger partial charge on any atom is -0.00248 e. The topological polar surface area (TPSA) is 6.48 Å². The molecule has 0 saturated carbocycles. The van der Waals surface area contributed by atoms with E-state index in [1.165, 1.54) is 38.8 Å². The van der Waals surface area contributed by atoms with Crippen LogP contribution >= 0.6 is 48.0 Å². The Bertz CT molecular complexity index is 86.1. The van der Waals surface area contributed by atoms with Crippen LogP contribution in [0.3, 0.4) is 0 Å². The van der Waals surface area contributed by atoms with Gasteiger partial charge in [0, 0.05) is 0 Å². The molecule has 0 aromatic carbocycles. The highest BCUT2D eigenvalue weighted by Gasteiger charge is 1.92. The maximum atomic E-state index is 2.26. The molecule has 0 bridgehead atoms. The van der Waals surface area contributed by atoms with E-state index in [4.69, 9.17) is 0 Å². The Labute approximate surface area is 124 Å². The van der Waals surface area contributed by atoms with Crippen LogP contribution in [0.1, 0.15) is 25.7 Å². The summed E-state index contributed by atoms with van der Waals surface area (Å²) in [5.41, 5.74) is 0. The molecule has 0 saturated heterocycles. The molecule has 2 nitrogen and oxygen atoms in total. The van der Waals surface area contributed by atoms with Crippen molar-refractivity contribution >= 4 is 48.0 Å². The second-order valence-corrected chi connectivity index (χ2v) is 4.02. The summed E-state index contributed by atoms with van der Waals surface area (Å²) >= 11 is 0. The van der Waals surface area contributed by atoms with E-state index in [1.807, 2.05) is 0 Å². The van der Waals surface area contributed by atoms with Gasteiger partial charge in [0.2, 0.25) is 0 Å². The van der Waals surface area contributed by atoms with Crippen molar-refractivity contribution in [2.45, 2.75) is 25.7 Å². The fraction of sp³-hybridized carbons (Fsp3) is 1.00. The molecule has 0 aliphatic heterocycles. The van der Waals surface area contributed by atoms with E-state index < -0.39 is 0 Å². The highest BCUT2D eigenvalue weighted by molar-refractivity contribution is 14.0. The van der Waals surface area contributed by atoms with E-state index in [-0.39, 0.29) is 48.0 Å². The number of unbranched alkanes of at least 4 members (excludes halogenated alkanes) is 3. The van der Waals surface area contributed by atoms with E-state index in [0.717, 1.165) is 0 Å². The van der Waals surface area contributed by atoms with Gasteiger partial charge in [-0.2, -0.15) is 0 Å². The first-order valence-corrected chi connectivity index (χ1v) is 4.92. The molecule has 0 aliphatic carbocycles. The van der Waals surface area contributed by atoms with Gasteiger partial charge in [-0.25, -0.2) is 0 Å². The van der Waals surface area contributed by atoms with Crippen molar-refractivity contribution in [1.82, 2.24) is 9.80 Å². The smallest absolute Gasteiger partial charge is 0.00248 e. The van der Waals surface area contributed by atoms with Crippen molar-refractivity contribution in [2.24, 2.45) is 0 Å². The third kappa shape index (κ3) is 19.0. The van der Waals surface area contributed by atoms with Gasteiger partial charge in [-0.3, -0.25) is 0 Å². The first kappa shape index (κ1) is 20.8. The zero-order valence-electron chi connectivity index (χ0n) is 9.95. The van der Waals surface area contributed by atoms with Crippen molar-refractivity contribution in [3.63, 3.8) is 0 Å². The van der Waals surface area contributed by atoms with Crippen LogP contribution in [0, 0.1) is 0 Å². The molecule has 0 amide bonds. The average Bonchev–Trinajstić information content (AvgIpc) is 1.95. The van der Waals surface area contributed by atoms with Gasteiger partial charge in [0.15, 0.2) is 0 Å².